The number of anilines is 1. The number of nitrogens with one attached hydrogen (secondary N) is 2. The van der Waals surface area contributed by atoms with Crippen molar-refractivity contribution < 1.29 is 0 Å². The predicted molar refractivity (Wildman–Crippen MR) is 84.9 cm³/mol. The Bertz CT molecular complexity index is 589. The molecule has 6 heteroatoms. The highest BCUT2D eigenvalue weighted by Crippen LogP contribution is 2.19. The highest BCUT2D eigenvalue weighted by atomic mass is 35.5. The molecule has 1 aliphatic heterocycles. The molecule has 112 valence electrons. The van der Waals surface area contributed by atoms with E-state index in [2.05, 4.69) is 25.4 Å². The minimum Gasteiger partial charge on any atom is -0.339 e. The van der Waals surface area contributed by atoms with Gasteiger partial charge in [0.15, 0.2) is 0 Å². The minimum absolute atomic E-state index is 0.614. The van der Waals surface area contributed by atoms with E-state index in [9.17, 15) is 0 Å². The van der Waals surface area contributed by atoms with Crippen molar-refractivity contribution in [2.75, 3.05) is 25.0 Å². The van der Waals surface area contributed by atoms with Crippen molar-refractivity contribution in [3.8, 4) is 0 Å². The molecule has 2 heterocycles. The van der Waals surface area contributed by atoms with Gasteiger partial charge in [-0.3, -0.25) is 5.10 Å². The lowest BCUT2D eigenvalue weighted by Crippen LogP contribution is -2.41. The highest BCUT2D eigenvalue weighted by molar-refractivity contribution is 6.31. The maximum Gasteiger partial charge on any atom is 0.244 e. The summed E-state index contributed by atoms with van der Waals surface area (Å²) in [4.78, 5) is 6.84. The molecule has 0 radical (unpaired) electrons. The maximum atomic E-state index is 6.18. The Morgan fingerprint density at radius 1 is 1.33 bits per heavy atom. The number of H-pyrrole nitrogens is 1. The van der Waals surface area contributed by atoms with E-state index in [1.807, 2.05) is 31.3 Å². The Kier molecular flexibility index (Phi) is 4.41. The number of halogens is 1. The molecule has 3 rings (SSSR count). The van der Waals surface area contributed by atoms with Crippen LogP contribution in [0, 0.1) is 0 Å². The van der Waals surface area contributed by atoms with Crippen LogP contribution in [0.25, 0.3) is 0 Å². The van der Waals surface area contributed by atoms with Gasteiger partial charge in [0.25, 0.3) is 0 Å². The van der Waals surface area contributed by atoms with Crippen molar-refractivity contribution in [2.45, 2.75) is 25.3 Å². The number of piperidine rings is 1. The molecule has 1 fully saturated rings. The van der Waals surface area contributed by atoms with Gasteiger partial charge >= 0.3 is 0 Å². The Morgan fingerprint density at radius 3 is 2.81 bits per heavy atom. The van der Waals surface area contributed by atoms with Crippen LogP contribution in [0.4, 0.5) is 5.95 Å². The summed E-state index contributed by atoms with van der Waals surface area (Å²) >= 11 is 6.18. The molecule has 1 aromatic heterocycles. The van der Waals surface area contributed by atoms with Gasteiger partial charge < -0.3 is 10.2 Å². The second-order valence-electron chi connectivity index (χ2n) is 5.40. The molecule has 0 bridgehead atoms. The number of aromatic nitrogens is 3. The Labute approximate surface area is 129 Å². The standard InChI is InChI=1S/C15H20ClN5/c1-17-12-6-8-21(9-7-12)15-18-14(19-20-15)10-11-4-2-3-5-13(11)16/h2-5,12,17H,6-10H2,1H3,(H,18,19,20). The average molecular weight is 306 g/mol. The highest BCUT2D eigenvalue weighted by Gasteiger charge is 2.20. The van der Waals surface area contributed by atoms with Crippen LogP contribution in [0.2, 0.25) is 5.02 Å². The van der Waals surface area contributed by atoms with Crippen molar-refractivity contribution in [3.63, 3.8) is 0 Å². The summed E-state index contributed by atoms with van der Waals surface area (Å²) in [5.41, 5.74) is 1.07. The third-order valence-corrected chi connectivity index (χ3v) is 4.39. The lowest BCUT2D eigenvalue weighted by molar-refractivity contribution is 0.439. The zero-order chi connectivity index (χ0) is 14.7. The quantitative estimate of drug-likeness (QED) is 0.909. The molecule has 0 saturated carbocycles. The first-order valence-corrected chi connectivity index (χ1v) is 7.71. The Balaban J connectivity index is 1.65. The average Bonchev–Trinajstić information content (AvgIpc) is 2.98. The molecule has 1 aliphatic rings. The largest absolute Gasteiger partial charge is 0.339 e. The van der Waals surface area contributed by atoms with Crippen molar-refractivity contribution in [1.82, 2.24) is 20.5 Å². The van der Waals surface area contributed by atoms with Gasteiger partial charge in [-0.25, -0.2) is 0 Å². The number of aromatic amines is 1. The summed E-state index contributed by atoms with van der Waals surface area (Å²) in [5.74, 6) is 1.65. The number of rotatable bonds is 4. The monoisotopic (exact) mass is 305 g/mol. The van der Waals surface area contributed by atoms with Gasteiger partial charge in [-0.15, -0.1) is 5.10 Å². The normalized spacial score (nSPS) is 16.4. The van der Waals surface area contributed by atoms with E-state index in [1.54, 1.807) is 0 Å². The third kappa shape index (κ3) is 3.36. The molecular formula is C15H20ClN5. The number of benzene rings is 1. The molecule has 0 amide bonds. The second kappa shape index (κ2) is 6.45. The Morgan fingerprint density at radius 2 is 2.10 bits per heavy atom. The topological polar surface area (TPSA) is 56.8 Å². The first-order valence-electron chi connectivity index (χ1n) is 7.33. The molecule has 1 saturated heterocycles. The van der Waals surface area contributed by atoms with E-state index in [4.69, 9.17) is 11.6 Å². The van der Waals surface area contributed by atoms with Crippen LogP contribution in [-0.4, -0.2) is 41.4 Å². The second-order valence-corrected chi connectivity index (χ2v) is 5.81. The van der Waals surface area contributed by atoms with Crippen molar-refractivity contribution in [2.24, 2.45) is 0 Å². The van der Waals surface area contributed by atoms with Gasteiger partial charge in [-0.2, -0.15) is 4.98 Å². The van der Waals surface area contributed by atoms with E-state index >= 15 is 0 Å². The lowest BCUT2D eigenvalue weighted by atomic mass is 10.1. The molecule has 0 aliphatic carbocycles. The zero-order valence-corrected chi connectivity index (χ0v) is 12.9. The number of nitrogens with zero attached hydrogens (tertiary/aromatic N) is 3. The summed E-state index contributed by atoms with van der Waals surface area (Å²) in [6, 6.07) is 8.45. The molecule has 21 heavy (non-hydrogen) atoms. The fourth-order valence-corrected chi connectivity index (χ4v) is 2.90. The van der Waals surface area contributed by atoms with Gasteiger partial charge in [0.1, 0.15) is 5.82 Å². The van der Waals surface area contributed by atoms with Gasteiger partial charge in [0, 0.05) is 30.6 Å². The summed E-state index contributed by atoms with van der Waals surface area (Å²) in [7, 11) is 2.02. The molecule has 2 N–H and O–H groups in total. The summed E-state index contributed by atoms with van der Waals surface area (Å²) in [5, 5.41) is 11.5. The van der Waals surface area contributed by atoms with Gasteiger partial charge in [-0.05, 0) is 31.5 Å². The van der Waals surface area contributed by atoms with Gasteiger partial charge in [0.05, 0.1) is 0 Å². The predicted octanol–water partition coefficient (Wildman–Crippen LogP) is 2.24. The van der Waals surface area contributed by atoms with E-state index in [-0.39, 0.29) is 0 Å². The fourth-order valence-electron chi connectivity index (χ4n) is 2.70. The Hall–Kier alpha value is -1.59. The molecule has 2 aromatic rings. The van der Waals surface area contributed by atoms with Crippen LogP contribution >= 0.6 is 11.6 Å². The van der Waals surface area contributed by atoms with Crippen molar-refractivity contribution in [1.29, 1.82) is 0 Å². The SMILES string of the molecule is CNC1CCN(c2n[nH]c(Cc3ccccc3Cl)n2)CC1. The van der Waals surface area contributed by atoms with Crippen LogP contribution in [0.5, 0.6) is 0 Å². The fraction of sp³-hybridized carbons (Fsp3) is 0.467. The van der Waals surface area contributed by atoms with E-state index in [0.717, 1.165) is 48.3 Å². The lowest BCUT2D eigenvalue weighted by Gasteiger charge is -2.30. The maximum absolute atomic E-state index is 6.18. The van der Waals surface area contributed by atoms with Crippen LogP contribution < -0.4 is 10.2 Å². The molecule has 1 aromatic carbocycles. The molecule has 5 nitrogen and oxygen atoms in total. The first-order chi connectivity index (χ1) is 10.3. The molecular weight excluding hydrogens is 286 g/mol. The van der Waals surface area contributed by atoms with Gasteiger partial charge in [-0.1, -0.05) is 29.8 Å². The minimum atomic E-state index is 0.614. The zero-order valence-electron chi connectivity index (χ0n) is 12.1. The van der Waals surface area contributed by atoms with E-state index in [0.29, 0.717) is 12.5 Å². The third-order valence-electron chi connectivity index (χ3n) is 4.02. The molecule has 0 unspecified atom stereocenters. The van der Waals surface area contributed by atoms with Crippen molar-refractivity contribution >= 4 is 17.5 Å². The van der Waals surface area contributed by atoms with E-state index in [1.165, 1.54) is 0 Å². The number of hydrogen-bond acceptors (Lipinski definition) is 4. The first kappa shape index (κ1) is 14.4. The van der Waals surface area contributed by atoms with Crippen LogP contribution in [0.1, 0.15) is 24.2 Å². The summed E-state index contributed by atoms with van der Waals surface area (Å²) in [6.45, 7) is 1.99. The van der Waals surface area contributed by atoms with Crippen LogP contribution in [0.15, 0.2) is 24.3 Å². The summed E-state index contributed by atoms with van der Waals surface area (Å²) in [6.07, 6.45) is 2.94. The van der Waals surface area contributed by atoms with Crippen molar-refractivity contribution in [3.05, 3.63) is 40.7 Å². The van der Waals surface area contributed by atoms with Crippen LogP contribution in [0.3, 0.4) is 0 Å². The molecule has 0 spiro atoms. The number of hydrogen-bond donors (Lipinski definition) is 2. The smallest absolute Gasteiger partial charge is 0.244 e. The molecule has 0 atom stereocenters. The summed E-state index contributed by atoms with van der Waals surface area (Å²) < 4.78 is 0. The van der Waals surface area contributed by atoms with Crippen LogP contribution in [-0.2, 0) is 6.42 Å². The van der Waals surface area contributed by atoms with E-state index < -0.39 is 0 Å². The van der Waals surface area contributed by atoms with Gasteiger partial charge in [0.2, 0.25) is 5.95 Å².